The van der Waals surface area contributed by atoms with Crippen molar-refractivity contribution in [3.8, 4) is 5.75 Å². The first-order valence-electron chi connectivity index (χ1n) is 8.69. The van der Waals surface area contributed by atoms with Crippen LogP contribution in [0.3, 0.4) is 0 Å². The molecule has 4 nitrogen and oxygen atoms in total. The minimum absolute atomic E-state index is 0.537. The van der Waals surface area contributed by atoms with Crippen molar-refractivity contribution in [1.29, 1.82) is 0 Å². The molecule has 0 amide bonds. The van der Waals surface area contributed by atoms with Crippen LogP contribution in [0.2, 0.25) is 0 Å². The minimum atomic E-state index is 0.537. The van der Waals surface area contributed by atoms with Crippen LogP contribution in [-0.4, -0.2) is 36.8 Å². The summed E-state index contributed by atoms with van der Waals surface area (Å²) in [6.45, 7) is 10.2. The molecule has 0 aliphatic heterocycles. The van der Waals surface area contributed by atoms with E-state index in [2.05, 4.69) is 49.7 Å². The van der Waals surface area contributed by atoms with E-state index >= 15 is 0 Å². The van der Waals surface area contributed by atoms with Gasteiger partial charge in [-0.05, 0) is 45.9 Å². The Morgan fingerprint density at radius 1 is 1.28 bits per heavy atom. The van der Waals surface area contributed by atoms with Gasteiger partial charge in [-0.25, -0.2) is 0 Å². The smallest absolute Gasteiger partial charge is 0.170 e. The Kier molecular flexibility index (Phi) is 7.48. The van der Waals surface area contributed by atoms with E-state index in [-0.39, 0.29) is 0 Å². The first kappa shape index (κ1) is 19.0. The number of likely N-dealkylation sites (N-methyl/N-ethyl adjacent to an activating group) is 1. The summed E-state index contributed by atoms with van der Waals surface area (Å²) in [4.78, 5) is 2.17. The Bertz CT molecular complexity index is 739. The van der Waals surface area contributed by atoms with Gasteiger partial charge in [-0.1, -0.05) is 35.0 Å². The van der Waals surface area contributed by atoms with Crippen molar-refractivity contribution in [1.82, 2.24) is 10.1 Å². The van der Waals surface area contributed by atoms with Crippen LogP contribution in [0.5, 0.6) is 5.75 Å². The molecule has 25 heavy (non-hydrogen) atoms. The molecule has 2 aromatic rings. The van der Waals surface area contributed by atoms with Crippen molar-refractivity contribution in [3.05, 3.63) is 60.3 Å². The number of nitrogens with zero attached hydrogens (tertiary/aromatic N) is 2. The van der Waals surface area contributed by atoms with Crippen LogP contribution in [0.1, 0.15) is 26.0 Å². The lowest BCUT2D eigenvalue weighted by atomic mass is 10.1. The summed E-state index contributed by atoms with van der Waals surface area (Å²) >= 11 is 0. The lowest BCUT2D eigenvalue weighted by Crippen LogP contribution is -2.17. The quantitative estimate of drug-likeness (QED) is 0.584. The van der Waals surface area contributed by atoms with Crippen molar-refractivity contribution in [2.45, 2.75) is 26.7 Å². The standard InChI is InChI=1S/C21H28N2O2/c1-5-13-23(4)14-6-7-15-24-18-11-12-19-20(10-8-9-17(2)3)22-25-21(19)16-18/h5-7,9,11-12,16H,1,8,10,13-15H2,2-4H3. The van der Waals surface area contributed by atoms with Gasteiger partial charge in [0.25, 0.3) is 0 Å². The Hall–Kier alpha value is -2.33. The van der Waals surface area contributed by atoms with Crippen LogP contribution in [0.15, 0.2) is 59.2 Å². The number of fused-ring (bicyclic) bond motifs is 1. The average Bonchev–Trinajstić information content (AvgIpc) is 2.97. The molecule has 0 atom stereocenters. The van der Waals surface area contributed by atoms with Crippen LogP contribution in [0.4, 0.5) is 0 Å². The summed E-state index contributed by atoms with van der Waals surface area (Å²) < 4.78 is 11.2. The molecule has 0 aliphatic rings. The molecular formula is C21H28N2O2. The highest BCUT2D eigenvalue weighted by atomic mass is 16.5. The van der Waals surface area contributed by atoms with Gasteiger partial charge in [-0.3, -0.25) is 4.90 Å². The van der Waals surface area contributed by atoms with Gasteiger partial charge >= 0.3 is 0 Å². The molecule has 0 spiro atoms. The maximum atomic E-state index is 5.75. The van der Waals surface area contributed by atoms with Gasteiger partial charge in [0, 0.05) is 24.5 Å². The van der Waals surface area contributed by atoms with E-state index in [1.165, 1.54) is 5.57 Å². The van der Waals surface area contributed by atoms with Crippen molar-refractivity contribution in [2.75, 3.05) is 26.7 Å². The number of ether oxygens (including phenoxy) is 1. The number of rotatable bonds is 10. The van der Waals surface area contributed by atoms with Gasteiger partial charge in [0.15, 0.2) is 5.58 Å². The Morgan fingerprint density at radius 2 is 2.12 bits per heavy atom. The largest absolute Gasteiger partial charge is 0.489 e. The molecule has 0 unspecified atom stereocenters. The second kappa shape index (κ2) is 9.84. The topological polar surface area (TPSA) is 38.5 Å². The van der Waals surface area contributed by atoms with Gasteiger partial charge in [-0.15, -0.1) is 6.58 Å². The van der Waals surface area contributed by atoms with E-state index in [1.54, 1.807) is 0 Å². The summed E-state index contributed by atoms with van der Waals surface area (Å²) in [5.41, 5.74) is 3.11. The van der Waals surface area contributed by atoms with Crippen molar-refractivity contribution in [2.24, 2.45) is 0 Å². The first-order valence-corrected chi connectivity index (χ1v) is 8.69. The maximum absolute atomic E-state index is 5.75. The van der Waals surface area contributed by atoms with E-state index in [9.17, 15) is 0 Å². The van der Waals surface area contributed by atoms with Crippen molar-refractivity contribution < 1.29 is 9.26 Å². The normalized spacial score (nSPS) is 11.4. The highest BCUT2D eigenvalue weighted by Gasteiger charge is 2.08. The second-order valence-electron chi connectivity index (χ2n) is 6.40. The van der Waals surface area contributed by atoms with Crippen LogP contribution in [0.25, 0.3) is 11.0 Å². The Morgan fingerprint density at radius 3 is 2.88 bits per heavy atom. The number of hydrogen-bond acceptors (Lipinski definition) is 4. The monoisotopic (exact) mass is 340 g/mol. The number of aryl methyl sites for hydroxylation is 1. The fourth-order valence-corrected chi connectivity index (χ4v) is 2.50. The minimum Gasteiger partial charge on any atom is -0.489 e. The molecule has 0 bridgehead atoms. The molecule has 0 aliphatic carbocycles. The number of aromatic nitrogens is 1. The molecule has 0 N–H and O–H groups in total. The van der Waals surface area contributed by atoms with Crippen molar-refractivity contribution in [3.63, 3.8) is 0 Å². The molecule has 1 aromatic carbocycles. The zero-order valence-corrected chi connectivity index (χ0v) is 15.5. The summed E-state index contributed by atoms with van der Waals surface area (Å²) in [6.07, 6.45) is 10.1. The first-order chi connectivity index (χ1) is 12.1. The van der Waals surface area contributed by atoms with Gasteiger partial charge in [0.05, 0.1) is 5.69 Å². The molecule has 1 heterocycles. The SMILES string of the molecule is C=CCN(C)CC=CCOc1ccc2c(CCC=C(C)C)noc2c1. The predicted octanol–water partition coefficient (Wildman–Crippen LogP) is 4.78. The van der Waals surface area contributed by atoms with E-state index in [0.29, 0.717) is 6.61 Å². The number of benzene rings is 1. The molecule has 1 aromatic heterocycles. The third-order valence-corrected chi connectivity index (χ3v) is 3.82. The lowest BCUT2D eigenvalue weighted by Gasteiger charge is -2.10. The molecule has 0 radical (unpaired) electrons. The molecule has 134 valence electrons. The second-order valence-corrected chi connectivity index (χ2v) is 6.40. The molecule has 0 saturated heterocycles. The fourth-order valence-electron chi connectivity index (χ4n) is 2.50. The third-order valence-electron chi connectivity index (χ3n) is 3.82. The highest BCUT2D eigenvalue weighted by Crippen LogP contribution is 2.24. The summed E-state index contributed by atoms with van der Waals surface area (Å²) in [5, 5.41) is 5.26. The van der Waals surface area contributed by atoms with Crippen molar-refractivity contribution >= 4 is 11.0 Å². The molecule has 0 fully saturated rings. The fraction of sp³-hybridized carbons (Fsp3) is 0.381. The lowest BCUT2D eigenvalue weighted by molar-refractivity contribution is 0.359. The summed E-state index contributed by atoms with van der Waals surface area (Å²) in [6, 6.07) is 5.91. The number of allylic oxidation sites excluding steroid dienone is 2. The molecule has 0 saturated carbocycles. The number of hydrogen-bond donors (Lipinski definition) is 0. The summed E-state index contributed by atoms with van der Waals surface area (Å²) in [7, 11) is 2.06. The van der Waals surface area contributed by atoms with Gasteiger partial charge < -0.3 is 9.26 Å². The Balaban J connectivity index is 1.88. The third kappa shape index (κ3) is 6.24. The highest BCUT2D eigenvalue weighted by molar-refractivity contribution is 5.80. The van der Waals surface area contributed by atoms with Gasteiger partial charge in [-0.2, -0.15) is 0 Å². The van der Waals surface area contributed by atoms with E-state index in [4.69, 9.17) is 9.26 Å². The van der Waals surface area contributed by atoms with Gasteiger partial charge in [0.1, 0.15) is 12.4 Å². The Labute approximate surface area is 150 Å². The maximum Gasteiger partial charge on any atom is 0.170 e. The summed E-state index contributed by atoms with van der Waals surface area (Å²) in [5.74, 6) is 0.795. The zero-order chi connectivity index (χ0) is 18.1. The molecular weight excluding hydrogens is 312 g/mol. The molecule has 4 heteroatoms. The van der Waals surface area contributed by atoms with Crippen LogP contribution in [0, 0.1) is 0 Å². The van der Waals surface area contributed by atoms with Crippen LogP contribution >= 0.6 is 0 Å². The van der Waals surface area contributed by atoms with E-state index in [0.717, 1.165) is 48.3 Å². The molecule has 2 rings (SSSR count). The van der Waals surface area contributed by atoms with Crippen LogP contribution in [-0.2, 0) is 6.42 Å². The zero-order valence-electron chi connectivity index (χ0n) is 15.5. The predicted molar refractivity (Wildman–Crippen MR) is 104 cm³/mol. The van der Waals surface area contributed by atoms with Gasteiger partial charge in [0.2, 0.25) is 0 Å². The van der Waals surface area contributed by atoms with E-state index < -0.39 is 0 Å². The van der Waals surface area contributed by atoms with Crippen LogP contribution < -0.4 is 4.74 Å². The van der Waals surface area contributed by atoms with E-state index in [1.807, 2.05) is 30.4 Å². The average molecular weight is 340 g/mol.